The van der Waals surface area contributed by atoms with Crippen LogP contribution in [0.2, 0.25) is 10.0 Å². The Morgan fingerprint density at radius 2 is 1.39 bits per heavy atom. The van der Waals surface area contributed by atoms with E-state index in [1.165, 1.54) is 17.7 Å². The monoisotopic (exact) mass is 472 g/mol. The standard InChI is InChI=1S/C14H12ClNO.C14H10ClN/c1-10(17)16-14-9-12(15)7-8-13(14)11-5-3-2-4-6-11;1-9-11-4-2-3-5-12(11)13-7-6-10(15)8-14(13)16-9/h2-9H,1H3,(H,16,17);2-8H,1H3. The number of aryl methyl sites for hydroxylation is 1. The number of nitrogens with one attached hydrogen (secondary N) is 1. The molecule has 5 heteroatoms. The zero-order valence-electron chi connectivity index (χ0n) is 18.3. The quantitative estimate of drug-likeness (QED) is 0.262. The minimum absolute atomic E-state index is 0.107. The van der Waals surface area contributed by atoms with Crippen LogP contribution in [-0.2, 0) is 4.79 Å². The van der Waals surface area contributed by atoms with Gasteiger partial charge in [-0.15, -0.1) is 0 Å². The van der Waals surface area contributed by atoms with Gasteiger partial charge in [-0.2, -0.15) is 0 Å². The van der Waals surface area contributed by atoms with E-state index in [-0.39, 0.29) is 5.91 Å². The average molecular weight is 473 g/mol. The number of carbonyl (C=O) groups excluding carboxylic acids is 1. The van der Waals surface area contributed by atoms with Crippen LogP contribution in [0.4, 0.5) is 5.69 Å². The third-order valence-corrected chi connectivity index (χ3v) is 5.70. The van der Waals surface area contributed by atoms with E-state index in [2.05, 4.69) is 28.5 Å². The molecule has 4 aromatic carbocycles. The van der Waals surface area contributed by atoms with Crippen molar-refractivity contribution in [2.45, 2.75) is 13.8 Å². The number of aromatic nitrogens is 1. The van der Waals surface area contributed by atoms with Gasteiger partial charge in [0, 0.05) is 39.0 Å². The van der Waals surface area contributed by atoms with Crippen LogP contribution in [0, 0.1) is 6.92 Å². The molecule has 0 spiro atoms. The van der Waals surface area contributed by atoms with Gasteiger partial charge in [0.2, 0.25) is 5.91 Å². The Morgan fingerprint density at radius 1 is 0.758 bits per heavy atom. The van der Waals surface area contributed by atoms with E-state index in [4.69, 9.17) is 23.2 Å². The molecule has 0 atom stereocenters. The molecule has 1 aromatic heterocycles. The number of fused-ring (bicyclic) bond motifs is 3. The van der Waals surface area contributed by atoms with Crippen molar-refractivity contribution in [2.24, 2.45) is 0 Å². The molecule has 0 bridgehead atoms. The molecular formula is C28H22Cl2N2O. The summed E-state index contributed by atoms with van der Waals surface area (Å²) in [6, 6.07) is 29.5. The van der Waals surface area contributed by atoms with Crippen LogP contribution in [0.1, 0.15) is 12.6 Å². The summed E-state index contributed by atoms with van der Waals surface area (Å²) in [5.41, 5.74) is 4.75. The summed E-state index contributed by atoms with van der Waals surface area (Å²) in [6.07, 6.45) is 0. The van der Waals surface area contributed by atoms with E-state index in [1.54, 1.807) is 6.07 Å². The maximum atomic E-state index is 11.2. The van der Waals surface area contributed by atoms with Crippen LogP contribution in [-0.4, -0.2) is 10.9 Å². The smallest absolute Gasteiger partial charge is 0.221 e. The lowest BCUT2D eigenvalue weighted by Gasteiger charge is -2.10. The summed E-state index contributed by atoms with van der Waals surface area (Å²) < 4.78 is 0. The molecule has 0 aliphatic rings. The number of amides is 1. The fourth-order valence-electron chi connectivity index (χ4n) is 3.78. The molecule has 164 valence electrons. The van der Waals surface area contributed by atoms with Gasteiger partial charge in [-0.25, -0.2) is 0 Å². The lowest BCUT2D eigenvalue weighted by Crippen LogP contribution is -2.06. The molecule has 5 rings (SSSR count). The summed E-state index contributed by atoms with van der Waals surface area (Å²) in [6.45, 7) is 3.51. The second-order valence-electron chi connectivity index (χ2n) is 7.64. The summed E-state index contributed by atoms with van der Waals surface area (Å²) in [4.78, 5) is 15.7. The summed E-state index contributed by atoms with van der Waals surface area (Å²) >= 11 is 11.9. The van der Waals surface area contributed by atoms with Gasteiger partial charge in [-0.05, 0) is 42.1 Å². The first-order valence-corrected chi connectivity index (χ1v) is 11.2. The zero-order valence-corrected chi connectivity index (χ0v) is 19.8. The maximum absolute atomic E-state index is 11.2. The molecule has 5 aromatic rings. The number of halogens is 2. The molecule has 3 nitrogen and oxygen atoms in total. The van der Waals surface area contributed by atoms with Crippen LogP contribution in [0.15, 0.2) is 91.0 Å². The van der Waals surface area contributed by atoms with Gasteiger partial charge in [0.25, 0.3) is 0 Å². The molecule has 1 N–H and O–H groups in total. The molecular weight excluding hydrogens is 451 g/mol. The Bertz CT molecular complexity index is 1450. The zero-order chi connectivity index (χ0) is 23.4. The number of benzene rings is 4. The van der Waals surface area contributed by atoms with Crippen LogP contribution < -0.4 is 5.32 Å². The fraction of sp³-hybridized carbons (Fsp3) is 0.0714. The van der Waals surface area contributed by atoms with Crippen molar-refractivity contribution in [3.8, 4) is 11.1 Å². The lowest BCUT2D eigenvalue weighted by molar-refractivity contribution is -0.114. The highest BCUT2D eigenvalue weighted by molar-refractivity contribution is 6.31. The molecule has 0 saturated carbocycles. The van der Waals surface area contributed by atoms with Crippen molar-refractivity contribution in [1.82, 2.24) is 4.98 Å². The van der Waals surface area contributed by atoms with Crippen LogP contribution in [0.3, 0.4) is 0 Å². The first kappa shape index (κ1) is 22.8. The first-order valence-electron chi connectivity index (χ1n) is 10.5. The third kappa shape index (κ3) is 5.33. The van der Waals surface area contributed by atoms with Gasteiger partial charge in [-0.3, -0.25) is 9.78 Å². The molecule has 1 amide bonds. The number of pyridine rings is 1. The van der Waals surface area contributed by atoms with E-state index in [0.29, 0.717) is 5.02 Å². The molecule has 1 heterocycles. The van der Waals surface area contributed by atoms with Crippen LogP contribution in [0.5, 0.6) is 0 Å². The van der Waals surface area contributed by atoms with Gasteiger partial charge in [0.05, 0.1) is 11.2 Å². The predicted octanol–water partition coefficient (Wildman–Crippen LogP) is 8.32. The third-order valence-electron chi connectivity index (χ3n) is 5.23. The minimum Gasteiger partial charge on any atom is -0.326 e. The Morgan fingerprint density at radius 3 is 2.12 bits per heavy atom. The number of carbonyl (C=O) groups is 1. The van der Waals surface area contributed by atoms with Crippen molar-refractivity contribution >= 4 is 56.5 Å². The van der Waals surface area contributed by atoms with E-state index < -0.39 is 0 Å². The summed E-state index contributed by atoms with van der Waals surface area (Å²) in [5.74, 6) is -0.107. The Kier molecular flexibility index (Phi) is 6.93. The normalized spacial score (nSPS) is 10.5. The summed E-state index contributed by atoms with van der Waals surface area (Å²) in [5, 5.41) is 7.73. The number of rotatable bonds is 2. The van der Waals surface area contributed by atoms with Crippen molar-refractivity contribution in [2.75, 3.05) is 5.32 Å². The van der Waals surface area contributed by atoms with E-state index in [0.717, 1.165) is 38.4 Å². The van der Waals surface area contributed by atoms with Gasteiger partial charge < -0.3 is 5.32 Å². The molecule has 0 aliphatic heterocycles. The highest BCUT2D eigenvalue weighted by Crippen LogP contribution is 2.30. The Labute approximate surface area is 203 Å². The summed E-state index contributed by atoms with van der Waals surface area (Å²) in [7, 11) is 0. The van der Waals surface area contributed by atoms with Crippen LogP contribution in [0.25, 0.3) is 32.8 Å². The largest absolute Gasteiger partial charge is 0.326 e. The van der Waals surface area contributed by atoms with E-state index >= 15 is 0 Å². The van der Waals surface area contributed by atoms with Crippen molar-refractivity contribution in [1.29, 1.82) is 0 Å². The second kappa shape index (κ2) is 10.0. The molecule has 0 saturated heterocycles. The predicted molar refractivity (Wildman–Crippen MR) is 140 cm³/mol. The maximum Gasteiger partial charge on any atom is 0.221 e. The van der Waals surface area contributed by atoms with Crippen molar-refractivity contribution in [3.63, 3.8) is 0 Å². The van der Waals surface area contributed by atoms with Gasteiger partial charge in [-0.1, -0.05) is 89.9 Å². The molecule has 0 unspecified atom stereocenters. The Hall–Kier alpha value is -3.40. The minimum atomic E-state index is -0.107. The Balaban J connectivity index is 0.000000157. The highest BCUT2D eigenvalue weighted by Gasteiger charge is 2.07. The van der Waals surface area contributed by atoms with E-state index in [1.807, 2.05) is 73.7 Å². The SMILES string of the molecule is CC(=O)Nc1cc(Cl)ccc1-c1ccccc1.Cc1nc2cc(Cl)ccc2c2ccccc12. The van der Waals surface area contributed by atoms with E-state index in [9.17, 15) is 4.79 Å². The van der Waals surface area contributed by atoms with Gasteiger partial charge in [0.1, 0.15) is 0 Å². The number of anilines is 1. The number of nitrogens with zero attached hydrogens (tertiary/aromatic N) is 1. The first-order chi connectivity index (χ1) is 15.9. The highest BCUT2D eigenvalue weighted by atomic mass is 35.5. The molecule has 0 aliphatic carbocycles. The lowest BCUT2D eigenvalue weighted by atomic mass is 10.0. The molecule has 0 fully saturated rings. The molecule has 0 radical (unpaired) electrons. The fourth-order valence-corrected chi connectivity index (χ4v) is 4.12. The van der Waals surface area contributed by atoms with Crippen molar-refractivity contribution in [3.05, 3.63) is 107 Å². The average Bonchev–Trinajstić information content (AvgIpc) is 2.80. The van der Waals surface area contributed by atoms with Gasteiger partial charge in [0.15, 0.2) is 0 Å². The number of hydrogen-bond acceptors (Lipinski definition) is 2. The topological polar surface area (TPSA) is 42.0 Å². The van der Waals surface area contributed by atoms with Gasteiger partial charge >= 0.3 is 0 Å². The second-order valence-corrected chi connectivity index (χ2v) is 8.51. The van der Waals surface area contributed by atoms with Crippen molar-refractivity contribution < 1.29 is 4.79 Å². The number of hydrogen-bond donors (Lipinski definition) is 1. The van der Waals surface area contributed by atoms with Crippen LogP contribution >= 0.6 is 23.2 Å². The molecule has 33 heavy (non-hydrogen) atoms.